The van der Waals surface area contributed by atoms with Crippen molar-refractivity contribution in [3.63, 3.8) is 0 Å². The Morgan fingerprint density at radius 3 is 2.58 bits per heavy atom. The molecule has 1 heterocycles. The number of rotatable bonds is 6. The highest BCUT2D eigenvalue weighted by atomic mass is 35.5. The highest BCUT2D eigenvalue weighted by Gasteiger charge is 2.34. The van der Waals surface area contributed by atoms with Crippen LogP contribution >= 0.6 is 11.6 Å². The van der Waals surface area contributed by atoms with E-state index in [0.717, 1.165) is 6.07 Å². The predicted octanol–water partition coefficient (Wildman–Crippen LogP) is 4.70. The number of carbonyl (C=O) groups is 1. The van der Waals surface area contributed by atoms with Crippen molar-refractivity contribution in [3.05, 3.63) is 97.9 Å². The molecule has 36 heavy (non-hydrogen) atoms. The van der Waals surface area contributed by atoms with Crippen LogP contribution < -0.4 is 24.7 Å². The third-order valence-electron chi connectivity index (χ3n) is 5.53. The quantitative estimate of drug-likeness (QED) is 0.217. The predicted molar refractivity (Wildman–Crippen MR) is 128 cm³/mol. The molecule has 11 heteroatoms. The molecule has 4 rings (SSSR count). The van der Waals surface area contributed by atoms with Gasteiger partial charge in [0, 0.05) is 29.3 Å². The van der Waals surface area contributed by atoms with Gasteiger partial charge in [-0.3, -0.25) is 10.1 Å². The molecule has 3 aromatic carbocycles. The van der Waals surface area contributed by atoms with Gasteiger partial charge >= 0.3 is 5.97 Å². The maximum absolute atomic E-state index is 12.7. The zero-order valence-corrected chi connectivity index (χ0v) is 19.7. The van der Waals surface area contributed by atoms with E-state index < -0.39 is 16.8 Å². The summed E-state index contributed by atoms with van der Waals surface area (Å²) in [7, 11) is 2.99. The summed E-state index contributed by atoms with van der Waals surface area (Å²) in [6.45, 7) is 0. The van der Waals surface area contributed by atoms with Gasteiger partial charge in [-0.1, -0.05) is 29.8 Å². The molecule has 3 aromatic rings. The number of halogens is 1. The first kappa shape index (κ1) is 24.4. The Bertz CT molecular complexity index is 1460. The van der Waals surface area contributed by atoms with E-state index >= 15 is 0 Å². The van der Waals surface area contributed by atoms with Crippen LogP contribution in [0.5, 0.6) is 23.0 Å². The first-order valence-electron chi connectivity index (χ1n) is 10.4. The van der Waals surface area contributed by atoms with Crippen molar-refractivity contribution in [3.8, 4) is 29.1 Å². The summed E-state index contributed by atoms with van der Waals surface area (Å²) in [5.74, 6) is -0.452. The van der Waals surface area contributed by atoms with E-state index in [2.05, 4.69) is 6.07 Å². The Morgan fingerprint density at radius 1 is 1.14 bits per heavy atom. The van der Waals surface area contributed by atoms with Crippen molar-refractivity contribution in [2.24, 2.45) is 5.73 Å². The van der Waals surface area contributed by atoms with Crippen LogP contribution in [0.4, 0.5) is 5.69 Å². The van der Waals surface area contributed by atoms with Crippen molar-refractivity contribution in [1.29, 1.82) is 5.26 Å². The van der Waals surface area contributed by atoms with Crippen LogP contribution in [0.2, 0.25) is 5.02 Å². The second-order valence-corrected chi connectivity index (χ2v) is 7.93. The molecule has 182 valence electrons. The maximum atomic E-state index is 12.7. The Labute approximate surface area is 210 Å². The number of methoxy groups -OCH3 is 2. The van der Waals surface area contributed by atoms with Crippen LogP contribution in [-0.2, 0) is 0 Å². The Balaban J connectivity index is 1.74. The molecule has 10 nitrogen and oxygen atoms in total. The average Bonchev–Trinajstić information content (AvgIpc) is 2.87. The molecule has 0 aromatic heterocycles. The number of nitro groups is 1. The molecule has 1 aliphatic rings. The lowest BCUT2D eigenvalue weighted by atomic mass is 9.83. The number of nitrogens with zero attached hydrogens (tertiary/aromatic N) is 2. The minimum absolute atomic E-state index is 0.00386. The fourth-order valence-corrected chi connectivity index (χ4v) is 4.10. The number of esters is 1. The first-order chi connectivity index (χ1) is 17.3. The van der Waals surface area contributed by atoms with E-state index in [0.29, 0.717) is 22.6 Å². The van der Waals surface area contributed by atoms with Gasteiger partial charge in [0.15, 0.2) is 11.5 Å². The molecule has 0 saturated carbocycles. The fourth-order valence-electron chi connectivity index (χ4n) is 3.90. The van der Waals surface area contributed by atoms with Crippen LogP contribution in [0.3, 0.4) is 0 Å². The third kappa shape index (κ3) is 4.35. The number of carbonyl (C=O) groups excluding carboxylic acids is 1. The number of hydrogen-bond donors (Lipinski definition) is 1. The lowest BCUT2D eigenvalue weighted by Gasteiger charge is -2.28. The zero-order chi connectivity index (χ0) is 26.0. The molecule has 0 fully saturated rings. The average molecular weight is 508 g/mol. The smallest absolute Gasteiger partial charge is 0.345 e. The van der Waals surface area contributed by atoms with Crippen molar-refractivity contribution >= 4 is 23.3 Å². The number of allylic oxidation sites excluding steroid dienone is 1. The van der Waals surface area contributed by atoms with Crippen LogP contribution in [0.15, 0.2) is 66.1 Å². The molecule has 1 unspecified atom stereocenters. The van der Waals surface area contributed by atoms with Gasteiger partial charge in [-0.25, -0.2) is 4.79 Å². The molecular weight excluding hydrogens is 490 g/mol. The van der Waals surface area contributed by atoms with E-state index in [1.807, 2.05) is 0 Å². The number of hydrogen-bond acceptors (Lipinski definition) is 9. The zero-order valence-electron chi connectivity index (χ0n) is 19.0. The number of nitriles is 1. The number of para-hydroxylation sites is 1. The normalized spacial score (nSPS) is 14.2. The summed E-state index contributed by atoms with van der Waals surface area (Å²) in [5.41, 5.74) is 6.95. The van der Waals surface area contributed by atoms with E-state index in [4.69, 9.17) is 36.3 Å². The summed E-state index contributed by atoms with van der Waals surface area (Å²) in [5, 5.41) is 20.9. The number of non-ortho nitro benzene ring substituents is 1. The van der Waals surface area contributed by atoms with Gasteiger partial charge in [0.25, 0.3) is 5.69 Å². The van der Waals surface area contributed by atoms with Crippen molar-refractivity contribution in [2.45, 2.75) is 5.92 Å². The monoisotopic (exact) mass is 507 g/mol. The van der Waals surface area contributed by atoms with Gasteiger partial charge in [0.1, 0.15) is 23.1 Å². The van der Waals surface area contributed by atoms with Crippen molar-refractivity contribution in [2.75, 3.05) is 14.2 Å². The van der Waals surface area contributed by atoms with Crippen LogP contribution in [0, 0.1) is 21.4 Å². The summed E-state index contributed by atoms with van der Waals surface area (Å²) >= 11 is 6.05. The minimum Gasteiger partial charge on any atom is -0.493 e. The number of ether oxygens (including phenoxy) is 4. The van der Waals surface area contributed by atoms with Crippen LogP contribution in [-0.4, -0.2) is 25.1 Å². The number of benzene rings is 3. The summed E-state index contributed by atoms with van der Waals surface area (Å²) in [6.07, 6.45) is 0. The number of nitrogens with two attached hydrogens (primary N) is 1. The highest BCUT2D eigenvalue weighted by molar-refractivity contribution is 6.33. The molecule has 1 aliphatic heterocycles. The van der Waals surface area contributed by atoms with Gasteiger partial charge < -0.3 is 24.7 Å². The maximum Gasteiger partial charge on any atom is 0.345 e. The van der Waals surface area contributed by atoms with Crippen molar-refractivity contribution in [1.82, 2.24) is 0 Å². The Hall–Kier alpha value is -4.75. The summed E-state index contributed by atoms with van der Waals surface area (Å²) in [4.78, 5) is 23.1. The van der Waals surface area contributed by atoms with Crippen LogP contribution in [0.1, 0.15) is 27.4 Å². The van der Waals surface area contributed by atoms with E-state index in [-0.39, 0.29) is 39.2 Å². The molecule has 0 spiro atoms. The van der Waals surface area contributed by atoms with Gasteiger partial charge in [-0.2, -0.15) is 5.26 Å². The largest absolute Gasteiger partial charge is 0.493 e. The van der Waals surface area contributed by atoms with Crippen LogP contribution in [0.25, 0.3) is 0 Å². The first-order valence-corrected chi connectivity index (χ1v) is 10.7. The van der Waals surface area contributed by atoms with E-state index in [1.54, 1.807) is 24.3 Å². The SMILES string of the molecule is COc1cccc(C2C(C#N)=C(N)Oc3cc(OC(=O)c4cc([N+](=O)[O-])ccc4Cl)ccc32)c1OC. The lowest BCUT2D eigenvalue weighted by molar-refractivity contribution is -0.384. The molecule has 0 amide bonds. The topological polar surface area (TPSA) is 147 Å². The van der Waals surface area contributed by atoms with E-state index in [1.165, 1.54) is 38.5 Å². The highest BCUT2D eigenvalue weighted by Crippen LogP contribution is 2.48. The lowest BCUT2D eigenvalue weighted by Crippen LogP contribution is -2.21. The van der Waals surface area contributed by atoms with Gasteiger partial charge in [-0.15, -0.1) is 0 Å². The third-order valence-corrected chi connectivity index (χ3v) is 5.86. The van der Waals surface area contributed by atoms with Gasteiger partial charge in [-0.05, 0) is 18.2 Å². The number of fused-ring (bicyclic) bond motifs is 1. The second-order valence-electron chi connectivity index (χ2n) is 7.52. The molecule has 0 radical (unpaired) electrons. The minimum atomic E-state index is -0.897. The number of nitro benzene ring substituents is 1. The molecular formula is C25H18ClN3O7. The van der Waals surface area contributed by atoms with E-state index in [9.17, 15) is 20.2 Å². The van der Waals surface area contributed by atoms with Gasteiger partial charge in [0.05, 0.1) is 35.6 Å². The summed E-state index contributed by atoms with van der Waals surface area (Å²) in [6, 6.07) is 15.4. The Kier molecular flexibility index (Phi) is 6.67. The second kappa shape index (κ2) is 9.85. The Morgan fingerprint density at radius 2 is 1.92 bits per heavy atom. The van der Waals surface area contributed by atoms with Gasteiger partial charge in [0.2, 0.25) is 5.88 Å². The molecule has 0 saturated heterocycles. The van der Waals surface area contributed by atoms with Crippen molar-refractivity contribution < 1.29 is 28.7 Å². The summed E-state index contributed by atoms with van der Waals surface area (Å²) < 4.78 is 22.0. The standard InChI is InChI=1S/C25H18ClN3O7/c1-33-20-5-3-4-16(23(20)34-2)22-15-8-7-14(11-21(15)36-24(28)18(22)12-27)35-25(30)17-10-13(29(31)32)6-9-19(17)26/h3-11,22H,28H2,1-2H3. The molecule has 2 N–H and O–H groups in total. The molecule has 0 bridgehead atoms. The molecule has 1 atom stereocenters. The fraction of sp³-hybridized carbons (Fsp3) is 0.120. The molecule has 0 aliphatic carbocycles.